The third kappa shape index (κ3) is 3.88. The molecule has 1 fully saturated rings. The lowest BCUT2D eigenvalue weighted by Gasteiger charge is -2.24. The molecule has 1 N–H and O–H groups in total. The van der Waals surface area contributed by atoms with Crippen LogP contribution < -0.4 is 4.74 Å². The summed E-state index contributed by atoms with van der Waals surface area (Å²) in [4.78, 5) is 1.87. The van der Waals surface area contributed by atoms with Crippen molar-refractivity contribution in [2.45, 2.75) is 18.6 Å². The Morgan fingerprint density at radius 1 is 1.04 bits per heavy atom. The molecular formula is C18H18F3NO2. The monoisotopic (exact) mass is 337 g/mol. The molecule has 3 nitrogen and oxygen atoms in total. The van der Waals surface area contributed by atoms with Gasteiger partial charge in [0.2, 0.25) is 0 Å². The van der Waals surface area contributed by atoms with Crippen molar-refractivity contribution in [1.82, 2.24) is 4.90 Å². The van der Waals surface area contributed by atoms with Crippen LogP contribution >= 0.6 is 0 Å². The van der Waals surface area contributed by atoms with Gasteiger partial charge in [0.05, 0.1) is 6.10 Å². The highest BCUT2D eigenvalue weighted by Gasteiger charge is 2.33. The van der Waals surface area contributed by atoms with Gasteiger partial charge in [0.25, 0.3) is 0 Å². The van der Waals surface area contributed by atoms with Crippen molar-refractivity contribution in [2.75, 3.05) is 19.7 Å². The van der Waals surface area contributed by atoms with E-state index in [1.807, 2.05) is 4.90 Å². The van der Waals surface area contributed by atoms with Crippen molar-refractivity contribution < 1.29 is 23.0 Å². The predicted octanol–water partition coefficient (Wildman–Crippen LogP) is 3.29. The third-order valence-electron chi connectivity index (χ3n) is 4.16. The maximum atomic E-state index is 14.0. The highest BCUT2D eigenvalue weighted by atomic mass is 19.1. The third-order valence-corrected chi connectivity index (χ3v) is 4.16. The number of halogens is 3. The summed E-state index contributed by atoms with van der Waals surface area (Å²) in [5.74, 6) is -0.799. The van der Waals surface area contributed by atoms with Crippen LogP contribution in [0.4, 0.5) is 13.2 Å². The maximum Gasteiger partial charge on any atom is 0.128 e. The zero-order chi connectivity index (χ0) is 17.1. The van der Waals surface area contributed by atoms with E-state index in [-0.39, 0.29) is 11.4 Å². The normalized spacial score (nSPS) is 21.2. The molecule has 0 radical (unpaired) electrons. The Morgan fingerprint density at radius 2 is 1.75 bits per heavy atom. The molecule has 1 heterocycles. The fourth-order valence-electron chi connectivity index (χ4n) is 3.03. The molecule has 0 aliphatic carbocycles. The van der Waals surface area contributed by atoms with E-state index in [0.29, 0.717) is 31.9 Å². The Hall–Kier alpha value is -2.05. The van der Waals surface area contributed by atoms with Crippen molar-refractivity contribution in [1.29, 1.82) is 0 Å². The molecular weight excluding hydrogens is 319 g/mol. The fourth-order valence-corrected chi connectivity index (χ4v) is 3.03. The number of rotatable bonds is 5. The van der Waals surface area contributed by atoms with Gasteiger partial charge < -0.3 is 9.84 Å². The second kappa shape index (κ2) is 7.23. The van der Waals surface area contributed by atoms with Gasteiger partial charge in [-0.05, 0) is 48.9 Å². The molecule has 0 unspecified atom stereocenters. The Bertz CT molecular complexity index is 693. The minimum atomic E-state index is -0.594. The molecule has 1 aliphatic heterocycles. The molecule has 0 amide bonds. The Kier molecular flexibility index (Phi) is 5.06. The summed E-state index contributed by atoms with van der Waals surface area (Å²) < 4.78 is 45.8. The standard InChI is InChI=1S/C18H18F3NO2/c19-12-1-4-15(5-2-12)24-8-7-22-11-14(23)10-18(22)16-9-13(20)3-6-17(16)21/h1-6,9,14,18,23H,7-8,10-11H2/t14-,18-/m1/s1. The van der Waals surface area contributed by atoms with Crippen LogP contribution in [0.3, 0.4) is 0 Å². The Morgan fingerprint density at radius 3 is 2.50 bits per heavy atom. The van der Waals surface area contributed by atoms with Gasteiger partial charge in [-0.25, -0.2) is 13.2 Å². The minimum absolute atomic E-state index is 0.244. The Balaban J connectivity index is 1.65. The number of hydrogen-bond acceptors (Lipinski definition) is 3. The zero-order valence-corrected chi connectivity index (χ0v) is 13.0. The van der Waals surface area contributed by atoms with Gasteiger partial charge in [0, 0.05) is 24.7 Å². The molecule has 128 valence electrons. The smallest absolute Gasteiger partial charge is 0.128 e. The Labute approximate surface area is 138 Å². The molecule has 0 bridgehead atoms. The largest absolute Gasteiger partial charge is 0.492 e. The number of aliphatic hydroxyl groups is 1. The fraction of sp³-hybridized carbons (Fsp3) is 0.333. The zero-order valence-electron chi connectivity index (χ0n) is 13.0. The van der Waals surface area contributed by atoms with E-state index >= 15 is 0 Å². The van der Waals surface area contributed by atoms with Crippen LogP contribution in [0.1, 0.15) is 18.0 Å². The first-order valence-corrected chi connectivity index (χ1v) is 7.78. The molecule has 1 aliphatic rings. The van der Waals surface area contributed by atoms with E-state index in [1.165, 1.54) is 30.3 Å². The molecule has 2 aromatic rings. The summed E-state index contributed by atoms with van der Waals surface area (Å²) in [5, 5.41) is 9.90. The highest BCUT2D eigenvalue weighted by Crippen LogP contribution is 2.33. The molecule has 3 rings (SSSR count). The molecule has 2 aromatic carbocycles. The van der Waals surface area contributed by atoms with E-state index in [0.717, 1.165) is 12.1 Å². The van der Waals surface area contributed by atoms with Gasteiger partial charge in [-0.2, -0.15) is 0 Å². The summed E-state index contributed by atoms with van der Waals surface area (Å²) in [6.45, 7) is 1.11. The number of ether oxygens (including phenoxy) is 1. The predicted molar refractivity (Wildman–Crippen MR) is 83.2 cm³/mol. The van der Waals surface area contributed by atoms with Crippen molar-refractivity contribution in [2.24, 2.45) is 0 Å². The van der Waals surface area contributed by atoms with Gasteiger partial charge >= 0.3 is 0 Å². The number of nitrogens with zero attached hydrogens (tertiary/aromatic N) is 1. The number of benzene rings is 2. The van der Waals surface area contributed by atoms with Crippen LogP contribution in [0.25, 0.3) is 0 Å². The number of hydrogen-bond donors (Lipinski definition) is 1. The van der Waals surface area contributed by atoms with E-state index in [9.17, 15) is 18.3 Å². The molecule has 0 aromatic heterocycles. The lowest BCUT2D eigenvalue weighted by Crippen LogP contribution is -2.29. The topological polar surface area (TPSA) is 32.7 Å². The van der Waals surface area contributed by atoms with E-state index < -0.39 is 23.8 Å². The number of likely N-dealkylation sites (tertiary alicyclic amines) is 1. The van der Waals surface area contributed by atoms with Gasteiger partial charge in [0.15, 0.2) is 0 Å². The summed E-state index contributed by atoms with van der Waals surface area (Å²) in [6.07, 6.45) is -0.250. The van der Waals surface area contributed by atoms with Gasteiger partial charge in [-0.3, -0.25) is 4.90 Å². The van der Waals surface area contributed by atoms with Gasteiger partial charge in [0.1, 0.15) is 29.8 Å². The van der Waals surface area contributed by atoms with Crippen LogP contribution in [-0.4, -0.2) is 35.8 Å². The van der Waals surface area contributed by atoms with E-state index in [4.69, 9.17) is 4.74 Å². The maximum absolute atomic E-state index is 14.0. The first-order chi connectivity index (χ1) is 11.5. The summed E-state index contributed by atoms with van der Waals surface area (Å²) in [7, 11) is 0. The van der Waals surface area contributed by atoms with Crippen LogP contribution in [0.15, 0.2) is 42.5 Å². The quantitative estimate of drug-likeness (QED) is 0.909. The second-order valence-corrected chi connectivity index (χ2v) is 5.87. The number of β-amino-alcohol motifs (C(OH)–C–C–N with tert-alkyl or cyclic N) is 1. The van der Waals surface area contributed by atoms with Crippen LogP contribution in [0.2, 0.25) is 0 Å². The van der Waals surface area contributed by atoms with Crippen molar-refractivity contribution in [3.05, 3.63) is 65.5 Å². The SMILES string of the molecule is O[C@@H]1C[C@H](c2cc(F)ccc2F)N(CCOc2ccc(F)cc2)C1. The van der Waals surface area contributed by atoms with Crippen LogP contribution in [0.5, 0.6) is 5.75 Å². The first kappa shape index (κ1) is 16.8. The summed E-state index contributed by atoms with van der Waals surface area (Å²) in [5.41, 5.74) is 0.244. The van der Waals surface area contributed by atoms with Crippen molar-refractivity contribution in [3.8, 4) is 5.75 Å². The van der Waals surface area contributed by atoms with E-state index in [1.54, 1.807) is 0 Å². The second-order valence-electron chi connectivity index (χ2n) is 5.87. The highest BCUT2D eigenvalue weighted by molar-refractivity contribution is 5.24. The van der Waals surface area contributed by atoms with Gasteiger partial charge in [-0.1, -0.05) is 0 Å². The molecule has 6 heteroatoms. The van der Waals surface area contributed by atoms with Crippen LogP contribution in [0, 0.1) is 17.5 Å². The molecule has 0 saturated carbocycles. The lowest BCUT2D eigenvalue weighted by molar-refractivity contribution is 0.161. The lowest BCUT2D eigenvalue weighted by atomic mass is 10.0. The molecule has 0 spiro atoms. The number of aliphatic hydroxyl groups excluding tert-OH is 1. The van der Waals surface area contributed by atoms with Gasteiger partial charge in [-0.15, -0.1) is 0 Å². The first-order valence-electron chi connectivity index (χ1n) is 7.78. The minimum Gasteiger partial charge on any atom is -0.492 e. The average Bonchev–Trinajstić information content (AvgIpc) is 2.92. The molecule has 24 heavy (non-hydrogen) atoms. The summed E-state index contributed by atoms with van der Waals surface area (Å²) >= 11 is 0. The van der Waals surface area contributed by atoms with E-state index in [2.05, 4.69) is 0 Å². The summed E-state index contributed by atoms with van der Waals surface area (Å²) in [6, 6.07) is 8.61. The average molecular weight is 337 g/mol. The van der Waals surface area contributed by atoms with Crippen LogP contribution in [-0.2, 0) is 0 Å². The van der Waals surface area contributed by atoms with Crippen molar-refractivity contribution >= 4 is 0 Å². The molecule has 1 saturated heterocycles. The van der Waals surface area contributed by atoms with Crippen molar-refractivity contribution in [3.63, 3.8) is 0 Å². The molecule has 2 atom stereocenters.